The topological polar surface area (TPSA) is 58.4 Å². The molecule has 1 saturated heterocycles. The minimum atomic E-state index is 0.179. The first-order chi connectivity index (χ1) is 9.51. The van der Waals surface area contributed by atoms with Gasteiger partial charge in [-0.15, -0.1) is 0 Å². The van der Waals surface area contributed by atoms with Crippen LogP contribution in [-0.2, 0) is 4.79 Å². The first-order valence-electron chi connectivity index (χ1n) is 8.23. The maximum absolute atomic E-state index is 12.0. The Morgan fingerprint density at radius 1 is 1.25 bits per heavy atom. The van der Waals surface area contributed by atoms with Crippen LogP contribution in [0.1, 0.15) is 52.9 Å². The molecule has 1 heterocycles. The predicted molar refractivity (Wildman–Crippen MR) is 84.5 cm³/mol. The van der Waals surface area contributed by atoms with Crippen molar-refractivity contribution in [3.8, 4) is 0 Å². The lowest BCUT2D eigenvalue weighted by molar-refractivity contribution is -0.123. The number of likely N-dealkylation sites (tertiary alicyclic amines) is 1. The lowest BCUT2D eigenvalue weighted by Gasteiger charge is -2.31. The molecule has 4 nitrogen and oxygen atoms in total. The molecule has 0 bridgehead atoms. The lowest BCUT2D eigenvalue weighted by Crippen LogP contribution is -2.44. The lowest BCUT2D eigenvalue weighted by atomic mass is 9.94. The number of hydrogen-bond acceptors (Lipinski definition) is 3. The van der Waals surface area contributed by atoms with Gasteiger partial charge in [-0.2, -0.15) is 0 Å². The van der Waals surface area contributed by atoms with Crippen molar-refractivity contribution in [1.82, 2.24) is 10.2 Å². The Kier molecular flexibility index (Phi) is 8.15. The first-order valence-corrected chi connectivity index (χ1v) is 8.23. The molecule has 0 aliphatic carbocycles. The number of hydrogen-bond donors (Lipinski definition) is 2. The van der Waals surface area contributed by atoms with E-state index in [9.17, 15) is 4.79 Å². The summed E-state index contributed by atoms with van der Waals surface area (Å²) in [5.41, 5.74) is 5.60. The molecule has 4 heteroatoms. The monoisotopic (exact) mass is 283 g/mol. The Morgan fingerprint density at radius 3 is 2.45 bits per heavy atom. The highest BCUT2D eigenvalue weighted by Gasteiger charge is 2.20. The number of rotatable bonds is 8. The van der Waals surface area contributed by atoms with Crippen LogP contribution in [0.2, 0.25) is 0 Å². The minimum absolute atomic E-state index is 0.179. The van der Waals surface area contributed by atoms with Crippen LogP contribution < -0.4 is 11.1 Å². The Labute approximate surface area is 124 Å². The second kappa shape index (κ2) is 9.35. The van der Waals surface area contributed by atoms with Crippen LogP contribution in [0.5, 0.6) is 0 Å². The summed E-state index contributed by atoms with van der Waals surface area (Å²) in [4.78, 5) is 14.3. The van der Waals surface area contributed by atoms with Gasteiger partial charge in [-0.25, -0.2) is 0 Å². The van der Waals surface area contributed by atoms with Gasteiger partial charge in [0.1, 0.15) is 0 Å². The molecule has 0 aromatic carbocycles. The first kappa shape index (κ1) is 17.4. The van der Waals surface area contributed by atoms with Gasteiger partial charge in [0.15, 0.2) is 0 Å². The van der Waals surface area contributed by atoms with Crippen LogP contribution in [0.25, 0.3) is 0 Å². The molecule has 0 spiro atoms. The number of nitrogens with one attached hydrogen (secondary N) is 1. The van der Waals surface area contributed by atoms with Gasteiger partial charge in [0.05, 0.1) is 6.54 Å². The number of amides is 1. The number of nitrogens with zero attached hydrogens (tertiary/aromatic N) is 1. The van der Waals surface area contributed by atoms with Crippen molar-refractivity contribution in [3.05, 3.63) is 0 Å². The number of carbonyl (C=O) groups is 1. The van der Waals surface area contributed by atoms with Crippen molar-refractivity contribution >= 4 is 5.91 Å². The molecule has 1 aliphatic rings. The largest absolute Gasteiger partial charge is 0.353 e. The highest BCUT2D eigenvalue weighted by Crippen LogP contribution is 2.19. The third kappa shape index (κ3) is 7.25. The third-order valence-corrected chi connectivity index (χ3v) is 4.23. The molecule has 0 saturated carbocycles. The summed E-state index contributed by atoms with van der Waals surface area (Å²) in [6.45, 7) is 9.98. The summed E-state index contributed by atoms with van der Waals surface area (Å²) >= 11 is 0. The highest BCUT2D eigenvalue weighted by atomic mass is 16.2. The Bertz CT molecular complexity index is 273. The normalized spacial score (nSPS) is 19.2. The van der Waals surface area contributed by atoms with Crippen molar-refractivity contribution in [2.75, 3.05) is 26.2 Å². The molecule has 20 heavy (non-hydrogen) atoms. The van der Waals surface area contributed by atoms with Gasteiger partial charge >= 0.3 is 0 Å². The molecule has 1 unspecified atom stereocenters. The van der Waals surface area contributed by atoms with Crippen LogP contribution in [0.3, 0.4) is 0 Å². The molecule has 0 aromatic rings. The average molecular weight is 283 g/mol. The molecule has 0 radical (unpaired) electrons. The second-order valence-electron chi connectivity index (χ2n) is 6.74. The SMILES string of the molecule is CC(C)CCC(C)NC(=O)CN1CCC(CCN)CC1. The molecule has 1 fully saturated rings. The quantitative estimate of drug-likeness (QED) is 0.716. The van der Waals surface area contributed by atoms with E-state index in [1.54, 1.807) is 0 Å². The van der Waals surface area contributed by atoms with Crippen molar-refractivity contribution in [2.45, 2.75) is 58.9 Å². The third-order valence-electron chi connectivity index (χ3n) is 4.23. The standard InChI is InChI=1S/C16H33N3O/c1-13(2)4-5-14(3)18-16(20)12-19-10-7-15(6-9-17)8-11-19/h13-15H,4-12,17H2,1-3H3,(H,18,20). The van der Waals surface area contributed by atoms with E-state index >= 15 is 0 Å². The van der Waals surface area contributed by atoms with Gasteiger partial charge in [-0.05, 0) is 70.5 Å². The predicted octanol–water partition coefficient (Wildman–Crippen LogP) is 1.99. The van der Waals surface area contributed by atoms with E-state index in [-0.39, 0.29) is 5.91 Å². The van der Waals surface area contributed by atoms with Gasteiger partial charge in [0, 0.05) is 6.04 Å². The second-order valence-corrected chi connectivity index (χ2v) is 6.74. The summed E-state index contributed by atoms with van der Waals surface area (Å²) in [5.74, 6) is 1.65. The van der Waals surface area contributed by atoms with Crippen LogP contribution in [-0.4, -0.2) is 43.0 Å². The van der Waals surface area contributed by atoms with E-state index in [1.807, 2.05) is 0 Å². The summed E-state index contributed by atoms with van der Waals surface area (Å²) in [6.07, 6.45) is 5.75. The zero-order valence-electron chi connectivity index (χ0n) is 13.5. The smallest absolute Gasteiger partial charge is 0.234 e. The van der Waals surface area contributed by atoms with Crippen LogP contribution in [0.15, 0.2) is 0 Å². The number of carbonyl (C=O) groups excluding carboxylic acids is 1. The Morgan fingerprint density at radius 2 is 1.90 bits per heavy atom. The van der Waals surface area contributed by atoms with Crippen molar-refractivity contribution in [1.29, 1.82) is 0 Å². The maximum Gasteiger partial charge on any atom is 0.234 e. The van der Waals surface area contributed by atoms with E-state index in [0.717, 1.165) is 38.4 Å². The van der Waals surface area contributed by atoms with Crippen molar-refractivity contribution < 1.29 is 4.79 Å². The molecular formula is C16H33N3O. The minimum Gasteiger partial charge on any atom is -0.353 e. The van der Waals surface area contributed by atoms with E-state index in [0.29, 0.717) is 18.5 Å². The van der Waals surface area contributed by atoms with Crippen LogP contribution in [0.4, 0.5) is 0 Å². The van der Waals surface area contributed by atoms with Gasteiger partial charge in [-0.3, -0.25) is 9.69 Å². The average Bonchev–Trinajstić information content (AvgIpc) is 2.39. The van der Waals surface area contributed by atoms with Gasteiger partial charge in [-0.1, -0.05) is 13.8 Å². The fraction of sp³-hybridized carbons (Fsp3) is 0.938. The maximum atomic E-state index is 12.0. The van der Waals surface area contributed by atoms with Crippen LogP contribution in [0, 0.1) is 11.8 Å². The molecule has 1 aliphatic heterocycles. The highest BCUT2D eigenvalue weighted by molar-refractivity contribution is 5.78. The van der Waals surface area contributed by atoms with E-state index < -0.39 is 0 Å². The number of piperidine rings is 1. The summed E-state index contributed by atoms with van der Waals surface area (Å²) in [6, 6.07) is 0.291. The number of nitrogens with two attached hydrogens (primary N) is 1. The Balaban J connectivity index is 2.16. The molecule has 1 rings (SSSR count). The zero-order valence-corrected chi connectivity index (χ0v) is 13.5. The summed E-state index contributed by atoms with van der Waals surface area (Å²) in [5, 5.41) is 3.12. The molecule has 118 valence electrons. The van der Waals surface area contributed by atoms with Crippen molar-refractivity contribution in [3.63, 3.8) is 0 Å². The molecule has 0 aromatic heterocycles. The van der Waals surface area contributed by atoms with Gasteiger partial charge < -0.3 is 11.1 Å². The molecule has 1 amide bonds. The fourth-order valence-electron chi connectivity index (χ4n) is 2.85. The van der Waals surface area contributed by atoms with Crippen molar-refractivity contribution in [2.24, 2.45) is 17.6 Å². The van der Waals surface area contributed by atoms with Crippen LogP contribution >= 0.6 is 0 Å². The Hall–Kier alpha value is -0.610. The van der Waals surface area contributed by atoms with Gasteiger partial charge in [0.25, 0.3) is 0 Å². The molecular weight excluding hydrogens is 250 g/mol. The van der Waals surface area contributed by atoms with E-state index in [4.69, 9.17) is 5.73 Å². The molecule has 3 N–H and O–H groups in total. The fourth-order valence-corrected chi connectivity index (χ4v) is 2.85. The van der Waals surface area contributed by atoms with Gasteiger partial charge in [0.2, 0.25) is 5.91 Å². The van der Waals surface area contributed by atoms with E-state index in [1.165, 1.54) is 19.3 Å². The zero-order chi connectivity index (χ0) is 15.0. The summed E-state index contributed by atoms with van der Waals surface area (Å²) in [7, 11) is 0. The molecule has 1 atom stereocenters. The van der Waals surface area contributed by atoms with E-state index in [2.05, 4.69) is 31.0 Å². The summed E-state index contributed by atoms with van der Waals surface area (Å²) < 4.78 is 0.